The van der Waals surface area contributed by atoms with Gasteiger partial charge in [-0.05, 0) is 0 Å². The number of carbonyl (C=O) groups is 1. The van der Waals surface area contributed by atoms with Crippen molar-refractivity contribution in [3.05, 3.63) is 27.8 Å². The summed E-state index contributed by atoms with van der Waals surface area (Å²) in [5.41, 5.74) is -0.427. The highest BCUT2D eigenvalue weighted by Gasteiger charge is 2.21. The fraction of sp³-hybridized carbons (Fsp3) is 0.222. The molecule has 0 amide bonds. The fourth-order valence-corrected chi connectivity index (χ4v) is 1.20. The van der Waals surface area contributed by atoms with Crippen LogP contribution in [0.5, 0.6) is 5.75 Å². The molecule has 1 rings (SSSR count). The van der Waals surface area contributed by atoms with Crippen LogP contribution in [0.4, 0.5) is 11.4 Å². The Morgan fingerprint density at radius 3 is 2.62 bits per heavy atom. The number of phenols is 1. The molecule has 0 radical (unpaired) electrons. The fourth-order valence-electron chi connectivity index (χ4n) is 1.20. The number of methoxy groups -OCH3 is 1. The number of aromatic hydroxyl groups is 1. The third-order valence-electron chi connectivity index (χ3n) is 1.99. The SMILES string of the molecule is CNc1cc(O)c(C(=O)OC)cc1[N+](=O)[O-]. The summed E-state index contributed by atoms with van der Waals surface area (Å²) in [6, 6.07) is 2.07. The molecule has 7 nitrogen and oxygen atoms in total. The van der Waals surface area contributed by atoms with Gasteiger partial charge in [-0.2, -0.15) is 0 Å². The Morgan fingerprint density at radius 1 is 1.56 bits per heavy atom. The minimum absolute atomic E-state index is 0.121. The molecule has 2 N–H and O–H groups in total. The minimum Gasteiger partial charge on any atom is -0.507 e. The van der Waals surface area contributed by atoms with Crippen LogP contribution in [0.3, 0.4) is 0 Å². The van der Waals surface area contributed by atoms with Crippen molar-refractivity contribution in [3.8, 4) is 5.75 Å². The molecule has 0 aliphatic rings. The molecular weight excluding hydrogens is 216 g/mol. The molecule has 0 aliphatic heterocycles. The lowest BCUT2D eigenvalue weighted by Crippen LogP contribution is -2.04. The van der Waals surface area contributed by atoms with Gasteiger partial charge in [0.25, 0.3) is 5.69 Å². The Bertz CT molecular complexity index is 444. The largest absolute Gasteiger partial charge is 0.507 e. The topological polar surface area (TPSA) is 102 Å². The number of anilines is 1. The summed E-state index contributed by atoms with van der Waals surface area (Å²) < 4.78 is 4.38. The highest BCUT2D eigenvalue weighted by atomic mass is 16.6. The molecule has 0 spiro atoms. The second-order valence-electron chi connectivity index (χ2n) is 2.89. The van der Waals surface area contributed by atoms with Gasteiger partial charge < -0.3 is 15.2 Å². The molecule has 7 heteroatoms. The van der Waals surface area contributed by atoms with Gasteiger partial charge in [0.2, 0.25) is 0 Å². The highest BCUT2D eigenvalue weighted by Crippen LogP contribution is 2.31. The Balaban J connectivity index is 3.38. The average Bonchev–Trinajstić information content (AvgIpc) is 2.27. The normalized spacial score (nSPS) is 9.62. The van der Waals surface area contributed by atoms with Crippen molar-refractivity contribution >= 4 is 17.3 Å². The van der Waals surface area contributed by atoms with Crippen molar-refractivity contribution in [1.82, 2.24) is 0 Å². The summed E-state index contributed by atoms with van der Waals surface area (Å²) in [5, 5.41) is 22.7. The number of esters is 1. The van der Waals surface area contributed by atoms with Crippen molar-refractivity contribution in [3.63, 3.8) is 0 Å². The minimum atomic E-state index is -0.830. The third-order valence-corrected chi connectivity index (χ3v) is 1.99. The van der Waals surface area contributed by atoms with Crippen LogP contribution in [-0.4, -0.2) is 30.2 Å². The van der Waals surface area contributed by atoms with Gasteiger partial charge in [0, 0.05) is 19.2 Å². The Morgan fingerprint density at radius 2 is 2.19 bits per heavy atom. The maximum absolute atomic E-state index is 11.2. The smallest absolute Gasteiger partial charge is 0.341 e. The molecule has 16 heavy (non-hydrogen) atoms. The first-order valence-corrected chi connectivity index (χ1v) is 4.28. The molecule has 1 aromatic rings. The van der Waals surface area contributed by atoms with Crippen molar-refractivity contribution in [2.24, 2.45) is 0 Å². The second kappa shape index (κ2) is 4.47. The van der Waals surface area contributed by atoms with E-state index in [0.29, 0.717) is 0 Å². The summed E-state index contributed by atoms with van der Waals surface area (Å²) in [4.78, 5) is 21.2. The first-order chi connectivity index (χ1) is 7.51. The molecule has 0 bridgehead atoms. The molecule has 1 aromatic carbocycles. The summed E-state index contributed by atoms with van der Waals surface area (Å²) in [6.07, 6.45) is 0. The number of carbonyl (C=O) groups excluding carboxylic acids is 1. The standard InChI is InChI=1S/C9H10N2O5/c1-10-6-4-8(12)5(9(13)16-2)3-7(6)11(14)15/h3-4,10,12H,1-2H3. The quantitative estimate of drug-likeness (QED) is 0.455. The molecule has 0 aliphatic carbocycles. The number of hydrogen-bond acceptors (Lipinski definition) is 6. The lowest BCUT2D eigenvalue weighted by molar-refractivity contribution is -0.384. The van der Waals surface area contributed by atoms with Crippen molar-refractivity contribution in [1.29, 1.82) is 0 Å². The van der Waals surface area contributed by atoms with E-state index in [1.807, 2.05) is 0 Å². The van der Waals surface area contributed by atoms with E-state index in [2.05, 4.69) is 10.1 Å². The lowest BCUT2D eigenvalue weighted by Gasteiger charge is -2.06. The molecule has 0 heterocycles. The Labute approximate surface area is 90.8 Å². The van der Waals surface area contributed by atoms with E-state index in [4.69, 9.17) is 0 Å². The number of nitrogens with zero attached hydrogens (tertiary/aromatic N) is 1. The van der Waals surface area contributed by atoms with Gasteiger partial charge in [0.1, 0.15) is 17.0 Å². The van der Waals surface area contributed by atoms with Gasteiger partial charge in [-0.1, -0.05) is 0 Å². The predicted molar refractivity (Wildman–Crippen MR) is 55.6 cm³/mol. The summed E-state index contributed by atoms with van der Waals surface area (Å²) in [7, 11) is 2.60. The van der Waals surface area contributed by atoms with Crippen molar-refractivity contribution in [2.75, 3.05) is 19.5 Å². The maximum atomic E-state index is 11.2. The van der Waals surface area contributed by atoms with E-state index >= 15 is 0 Å². The molecular formula is C9H10N2O5. The number of hydrogen-bond donors (Lipinski definition) is 2. The van der Waals surface area contributed by atoms with Crippen LogP contribution < -0.4 is 5.32 Å². The van der Waals surface area contributed by atoms with Crippen LogP contribution in [0.2, 0.25) is 0 Å². The van der Waals surface area contributed by atoms with Gasteiger partial charge >= 0.3 is 5.97 Å². The van der Waals surface area contributed by atoms with Crippen molar-refractivity contribution < 1.29 is 19.6 Å². The number of rotatable bonds is 3. The summed E-state index contributed by atoms with van der Waals surface area (Å²) >= 11 is 0. The lowest BCUT2D eigenvalue weighted by atomic mass is 10.1. The van der Waals surface area contributed by atoms with Crippen molar-refractivity contribution in [2.45, 2.75) is 0 Å². The Hall–Kier alpha value is -2.31. The summed E-state index contributed by atoms with van der Waals surface area (Å²) in [5.74, 6) is -1.20. The first kappa shape index (κ1) is 11.8. The molecule has 0 fully saturated rings. The van der Waals surface area contributed by atoms with E-state index < -0.39 is 10.9 Å². The Kier molecular flexibility index (Phi) is 3.29. The van der Waals surface area contributed by atoms with Gasteiger partial charge in [-0.15, -0.1) is 0 Å². The number of ether oxygens (including phenoxy) is 1. The first-order valence-electron chi connectivity index (χ1n) is 4.28. The van der Waals surface area contributed by atoms with Gasteiger partial charge in [-0.25, -0.2) is 4.79 Å². The zero-order chi connectivity index (χ0) is 12.3. The monoisotopic (exact) mass is 226 g/mol. The second-order valence-corrected chi connectivity index (χ2v) is 2.89. The van der Waals surface area contributed by atoms with E-state index in [1.54, 1.807) is 0 Å². The average molecular weight is 226 g/mol. The zero-order valence-corrected chi connectivity index (χ0v) is 8.68. The van der Waals surface area contributed by atoms with E-state index in [-0.39, 0.29) is 22.7 Å². The number of nitro groups is 1. The number of phenolic OH excluding ortho intramolecular Hbond substituents is 1. The predicted octanol–water partition coefficient (Wildman–Crippen LogP) is 1.13. The van der Waals surface area contributed by atoms with Crippen LogP contribution in [0, 0.1) is 10.1 Å². The number of benzene rings is 1. The van der Waals surface area contributed by atoms with Gasteiger partial charge in [0.05, 0.1) is 12.0 Å². The third kappa shape index (κ3) is 2.02. The highest BCUT2D eigenvalue weighted by molar-refractivity contribution is 5.94. The van der Waals surface area contributed by atoms with Crippen LogP contribution in [-0.2, 0) is 4.74 Å². The molecule has 86 valence electrons. The van der Waals surface area contributed by atoms with Gasteiger partial charge in [0.15, 0.2) is 0 Å². The molecule has 0 atom stereocenters. The molecule has 0 saturated heterocycles. The molecule has 0 saturated carbocycles. The van der Waals surface area contributed by atoms with E-state index in [0.717, 1.165) is 19.2 Å². The van der Waals surface area contributed by atoms with Crippen LogP contribution in [0.25, 0.3) is 0 Å². The molecule has 0 unspecified atom stereocenters. The van der Waals surface area contributed by atoms with Gasteiger partial charge in [-0.3, -0.25) is 10.1 Å². The molecule has 0 aromatic heterocycles. The van der Waals surface area contributed by atoms with Crippen LogP contribution >= 0.6 is 0 Å². The number of nitrogens with one attached hydrogen (secondary N) is 1. The summed E-state index contributed by atoms with van der Waals surface area (Å²) in [6.45, 7) is 0. The van der Waals surface area contributed by atoms with E-state index in [1.165, 1.54) is 7.05 Å². The van der Waals surface area contributed by atoms with Crippen LogP contribution in [0.15, 0.2) is 12.1 Å². The zero-order valence-electron chi connectivity index (χ0n) is 8.68. The maximum Gasteiger partial charge on any atom is 0.341 e. The number of nitro benzene ring substituents is 1. The van der Waals surface area contributed by atoms with E-state index in [9.17, 15) is 20.0 Å². The van der Waals surface area contributed by atoms with Crippen LogP contribution in [0.1, 0.15) is 10.4 Å².